The van der Waals surface area contributed by atoms with Crippen LogP contribution in [0.15, 0.2) is 36.4 Å². The summed E-state index contributed by atoms with van der Waals surface area (Å²) < 4.78 is 13.2. The van der Waals surface area contributed by atoms with Crippen LogP contribution in [0.3, 0.4) is 0 Å². The molecule has 0 saturated carbocycles. The van der Waals surface area contributed by atoms with Gasteiger partial charge in [0.15, 0.2) is 0 Å². The number of hydrogen-bond donors (Lipinski definition) is 1. The molecule has 0 aliphatic carbocycles. The van der Waals surface area contributed by atoms with E-state index in [0.717, 1.165) is 31.5 Å². The molecule has 19 heavy (non-hydrogen) atoms. The first kappa shape index (κ1) is 12.4. The van der Waals surface area contributed by atoms with E-state index >= 15 is 0 Å². The Morgan fingerprint density at radius 2 is 2.05 bits per heavy atom. The summed E-state index contributed by atoms with van der Waals surface area (Å²) in [5.41, 5.74) is 6.52. The highest BCUT2D eigenvalue weighted by Gasteiger charge is 2.13. The molecule has 0 radical (unpaired) electrons. The minimum atomic E-state index is -0.152. The molecule has 3 rings (SSSR count). The van der Waals surface area contributed by atoms with E-state index in [1.165, 1.54) is 22.3 Å². The van der Waals surface area contributed by atoms with Gasteiger partial charge in [0.05, 0.1) is 0 Å². The second-order valence-corrected chi connectivity index (χ2v) is 5.23. The summed E-state index contributed by atoms with van der Waals surface area (Å²) in [6.07, 6.45) is 1.99. The molecule has 0 spiro atoms. The van der Waals surface area contributed by atoms with Crippen molar-refractivity contribution in [2.24, 2.45) is 0 Å². The van der Waals surface area contributed by atoms with Crippen LogP contribution in [0.5, 0.6) is 0 Å². The quantitative estimate of drug-likeness (QED) is 0.867. The van der Waals surface area contributed by atoms with Crippen LogP contribution in [-0.2, 0) is 19.4 Å². The molecule has 0 bridgehead atoms. The zero-order chi connectivity index (χ0) is 13.2. The van der Waals surface area contributed by atoms with E-state index in [9.17, 15) is 4.39 Å². The molecule has 2 aromatic carbocycles. The van der Waals surface area contributed by atoms with E-state index < -0.39 is 0 Å². The van der Waals surface area contributed by atoms with Crippen molar-refractivity contribution in [1.82, 2.24) is 5.32 Å². The normalized spacial score (nSPS) is 14.2. The predicted octanol–water partition coefficient (Wildman–Crippen LogP) is 3.37. The summed E-state index contributed by atoms with van der Waals surface area (Å²) in [6, 6.07) is 11.6. The fourth-order valence-electron chi connectivity index (χ4n) is 2.84. The number of nitrogens with one attached hydrogen (secondary N) is 1. The van der Waals surface area contributed by atoms with Crippen molar-refractivity contribution < 1.29 is 4.39 Å². The summed E-state index contributed by atoms with van der Waals surface area (Å²) in [6.45, 7) is 3.99. The molecule has 1 heterocycles. The molecule has 2 aromatic rings. The third-order valence-corrected chi connectivity index (χ3v) is 3.92. The van der Waals surface area contributed by atoms with Crippen LogP contribution in [-0.4, -0.2) is 6.54 Å². The molecule has 98 valence electrons. The van der Waals surface area contributed by atoms with E-state index in [4.69, 9.17) is 0 Å². The third-order valence-electron chi connectivity index (χ3n) is 3.92. The molecule has 0 aromatic heterocycles. The second kappa shape index (κ2) is 5.14. The Kier molecular flexibility index (Phi) is 3.34. The van der Waals surface area contributed by atoms with Crippen LogP contribution < -0.4 is 5.32 Å². The Bertz CT molecular complexity index is 604. The lowest BCUT2D eigenvalue weighted by atomic mass is 9.91. The molecule has 0 saturated heterocycles. The maximum atomic E-state index is 13.2. The fourth-order valence-corrected chi connectivity index (χ4v) is 2.84. The molecule has 1 aliphatic heterocycles. The lowest BCUT2D eigenvalue weighted by molar-refractivity contribution is 0.625. The van der Waals surface area contributed by atoms with Gasteiger partial charge in [-0.1, -0.05) is 24.3 Å². The maximum absolute atomic E-state index is 13.2. The molecule has 0 atom stereocenters. The minimum Gasteiger partial charge on any atom is -0.312 e. The average molecular weight is 255 g/mol. The third kappa shape index (κ3) is 2.54. The Balaban J connectivity index is 1.95. The van der Waals surface area contributed by atoms with E-state index in [-0.39, 0.29) is 5.82 Å². The lowest BCUT2D eigenvalue weighted by Gasteiger charge is -2.20. The van der Waals surface area contributed by atoms with E-state index in [2.05, 4.69) is 23.5 Å². The Morgan fingerprint density at radius 1 is 1.16 bits per heavy atom. The van der Waals surface area contributed by atoms with Crippen LogP contribution in [0, 0.1) is 12.7 Å². The van der Waals surface area contributed by atoms with Crippen molar-refractivity contribution in [2.45, 2.75) is 26.3 Å². The summed E-state index contributed by atoms with van der Waals surface area (Å²) >= 11 is 0. The summed E-state index contributed by atoms with van der Waals surface area (Å²) in [7, 11) is 0. The highest BCUT2D eigenvalue weighted by molar-refractivity contribution is 5.41. The van der Waals surface area contributed by atoms with Crippen molar-refractivity contribution in [1.29, 1.82) is 0 Å². The smallest absolute Gasteiger partial charge is 0.123 e. The highest BCUT2D eigenvalue weighted by Crippen LogP contribution is 2.23. The summed E-state index contributed by atoms with van der Waals surface area (Å²) in [5.74, 6) is -0.152. The van der Waals surface area contributed by atoms with Gasteiger partial charge in [-0.25, -0.2) is 4.39 Å². The van der Waals surface area contributed by atoms with Crippen molar-refractivity contribution >= 4 is 0 Å². The van der Waals surface area contributed by atoms with Gasteiger partial charge in [0.1, 0.15) is 5.82 Å². The van der Waals surface area contributed by atoms with Crippen molar-refractivity contribution in [3.8, 4) is 0 Å². The van der Waals surface area contributed by atoms with Crippen LogP contribution in [0.4, 0.5) is 4.39 Å². The topological polar surface area (TPSA) is 12.0 Å². The lowest BCUT2D eigenvalue weighted by Crippen LogP contribution is -2.24. The molecular formula is C17H18FN. The monoisotopic (exact) mass is 255 g/mol. The second-order valence-electron chi connectivity index (χ2n) is 5.23. The van der Waals surface area contributed by atoms with E-state index in [1.54, 1.807) is 12.1 Å². The van der Waals surface area contributed by atoms with Gasteiger partial charge in [-0.2, -0.15) is 0 Å². The zero-order valence-electron chi connectivity index (χ0n) is 11.2. The largest absolute Gasteiger partial charge is 0.312 e. The number of rotatable bonds is 2. The number of benzene rings is 2. The maximum Gasteiger partial charge on any atom is 0.123 e. The predicted molar refractivity (Wildman–Crippen MR) is 75.8 cm³/mol. The first-order valence-electron chi connectivity index (χ1n) is 6.79. The van der Waals surface area contributed by atoms with Gasteiger partial charge in [-0.15, -0.1) is 0 Å². The van der Waals surface area contributed by atoms with Gasteiger partial charge in [0.25, 0.3) is 0 Å². The van der Waals surface area contributed by atoms with Gasteiger partial charge >= 0.3 is 0 Å². The van der Waals surface area contributed by atoms with Crippen LogP contribution in [0.25, 0.3) is 0 Å². The molecule has 2 heteroatoms. The summed E-state index contributed by atoms with van der Waals surface area (Å²) in [4.78, 5) is 0. The molecule has 0 fully saturated rings. The standard InChI is InChI=1S/C17H18FN/c1-12-9-16(18)6-5-13(12)10-14-3-2-4-15-11-19-8-7-17(14)15/h2-6,9,19H,7-8,10-11H2,1H3. The van der Waals surface area contributed by atoms with Crippen LogP contribution >= 0.6 is 0 Å². The van der Waals surface area contributed by atoms with Crippen molar-refractivity contribution in [3.05, 3.63) is 70.0 Å². The van der Waals surface area contributed by atoms with Crippen LogP contribution in [0.1, 0.15) is 27.8 Å². The highest BCUT2D eigenvalue weighted by atomic mass is 19.1. The molecule has 0 amide bonds. The van der Waals surface area contributed by atoms with E-state index in [0.29, 0.717) is 0 Å². The Hall–Kier alpha value is -1.67. The van der Waals surface area contributed by atoms with Gasteiger partial charge < -0.3 is 5.32 Å². The Labute approximate surface area is 113 Å². The fraction of sp³-hybridized carbons (Fsp3) is 0.294. The SMILES string of the molecule is Cc1cc(F)ccc1Cc1cccc2c1CCNC2. The minimum absolute atomic E-state index is 0.152. The number of fused-ring (bicyclic) bond motifs is 1. The average Bonchev–Trinajstić information content (AvgIpc) is 2.42. The van der Waals surface area contributed by atoms with Crippen molar-refractivity contribution in [2.75, 3.05) is 6.54 Å². The Morgan fingerprint density at radius 3 is 2.89 bits per heavy atom. The number of halogens is 1. The van der Waals surface area contributed by atoms with Crippen LogP contribution in [0.2, 0.25) is 0 Å². The van der Waals surface area contributed by atoms with Gasteiger partial charge in [0, 0.05) is 6.54 Å². The van der Waals surface area contributed by atoms with Gasteiger partial charge in [-0.3, -0.25) is 0 Å². The van der Waals surface area contributed by atoms with E-state index in [1.807, 2.05) is 13.0 Å². The van der Waals surface area contributed by atoms with Gasteiger partial charge in [-0.05, 0) is 66.3 Å². The molecule has 0 unspecified atom stereocenters. The number of hydrogen-bond acceptors (Lipinski definition) is 1. The molecule has 1 aliphatic rings. The molecular weight excluding hydrogens is 237 g/mol. The number of aryl methyl sites for hydroxylation is 1. The zero-order valence-corrected chi connectivity index (χ0v) is 11.2. The first-order chi connectivity index (χ1) is 9.24. The van der Waals surface area contributed by atoms with Gasteiger partial charge in [0.2, 0.25) is 0 Å². The molecule has 1 nitrogen and oxygen atoms in total. The molecule has 1 N–H and O–H groups in total. The first-order valence-corrected chi connectivity index (χ1v) is 6.79. The van der Waals surface area contributed by atoms with Crippen molar-refractivity contribution in [3.63, 3.8) is 0 Å². The summed E-state index contributed by atoms with van der Waals surface area (Å²) in [5, 5.41) is 3.40.